The summed E-state index contributed by atoms with van der Waals surface area (Å²) in [4.78, 5) is 3.32. The van der Waals surface area contributed by atoms with Gasteiger partial charge in [0, 0.05) is 5.56 Å². The molecule has 1 heterocycles. The molecule has 4 heteroatoms. The number of benzene rings is 2. The quantitative estimate of drug-likeness (QED) is 0.766. The molecule has 2 aromatic carbocycles. The predicted molar refractivity (Wildman–Crippen MR) is 105 cm³/mol. The molecule has 0 atom stereocenters. The van der Waals surface area contributed by atoms with Gasteiger partial charge in [-0.1, -0.05) is 36.4 Å². The number of rotatable bonds is 7. The third kappa shape index (κ3) is 5.10. The van der Waals surface area contributed by atoms with E-state index in [9.17, 15) is 0 Å². The molecule has 1 saturated heterocycles. The molecule has 0 unspecified atom stereocenters. The maximum absolute atomic E-state index is 5.42. The Labute approximate surface area is 156 Å². The normalized spacial score (nSPS) is 20.2. The summed E-state index contributed by atoms with van der Waals surface area (Å²) >= 11 is 0. The van der Waals surface area contributed by atoms with Crippen molar-refractivity contribution < 1.29 is 19.3 Å². The summed E-state index contributed by atoms with van der Waals surface area (Å²) in [5, 5.41) is 0. The SMILES string of the molecule is COc1ccc(C[NH+]2CC[NH+](C/C=C/c3ccccc3)CC2)cc1OC. The van der Waals surface area contributed by atoms with Crippen LogP contribution in [-0.2, 0) is 6.54 Å². The van der Waals surface area contributed by atoms with E-state index in [-0.39, 0.29) is 0 Å². The van der Waals surface area contributed by atoms with E-state index in [1.54, 1.807) is 24.0 Å². The summed E-state index contributed by atoms with van der Waals surface area (Å²) in [6.45, 7) is 7.03. The molecule has 3 rings (SSSR count). The Balaban J connectivity index is 1.46. The first-order valence-electron chi connectivity index (χ1n) is 9.38. The third-order valence-electron chi connectivity index (χ3n) is 5.08. The zero-order chi connectivity index (χ0) is 18.2. The molecule has 1 aliphatic heterocycles. The number of hydrogen-bond donors (Lipinski definition) is 2. The summed E-state index contributed by atoms with van der Waals surface area (Å²) in [5.41, 5.74) is 2.59. The van der Waals surface area contributed by atoms with Gasteiger partial charge in [-0.05, 0) is 29.8 Å². The largest absolute Gasteiger partial charge is 0.493 e. The molecule has 138 valence electrons. The van der Waals surface area contributed by atoms with E-state index >= 15 is 0 Å². The van der Waals surface area contributed by atoms with Gasteiger partial charge in [0.1, 0.15) is 32.7 Å². The van der Waals surface area contributed by atoms with Gasteiger partial charge in [0.2, 0.25) is 0 Å². The number of piperazine rings is 1. The number of nitrogens with one attached hydrogen (secondary N) is 2. The number of hydrogen-bond acceptors (Lipinski definition) is 2. The Morgan fingerprint density at radius 2 is 1.54 bits per heavy atom. The molecule has 1 aliphatic rings. The Morgan fingerprint density at radius 1 is 0.846 bits per heavy atom. The van der Waals surface area contributed by atoms with E-state index in [4.69, 9.17) is 9.47 Å². The monoisotopic (exact) mass is 354 g/mol. The molecule has 0 aromatic heterocycles. The fraction of sp³-hybridized carbons (Fsp3) is 0.364. The molecule has 1 fully saturated rings. The van der Waals surface area contributed by atoms with Gasteiger partial charge in [-0.3, -0.25) is 0 Å². The predicted octanol–water partition coefficient (Wildman–Crippen LogP) is 0.701. The van der Waals surface area contributed by atoms with Crippen molar-refractivity contribution in [3.8, 4) is 11.5 Å². The van der Waals surface area contributed by atoms with Gasteiger partial charge in [0.25, 0.3) is 0 Å². The molecule has 0 aliphatic carbocycles. The van der Waals surface area contributed by atoms with Gasteiger partial charge < -0.3 is 19.3 Å². The van der Waals surface area contributed by atoms with Gasteiger partial charge >= 0.3 is 0 Å². The number of ether oxygens (including phenoxy) is 2. The van der Waals surface area contributed by atoms with E-state index in [0.29, 0.717) is 0 Å². The van der Waals surface area contributed by atoms with Crippen molar-refractivity contribution in [2.24, 2.45) is 0 Å². The second kappa shape index (κ2) is 9.41. The smallest absolute Gasteiger partial charge is 0.161 e. The molecule has 0 bridgehead atoms. The van der Waals surface area contributed by atoms with Crippen LogP contribution in [0, 0.1) is 0 Å². The molecule has 4 nitrogen and oxygen atoms in total. The summed E-state index contributed by atoms with van der Waals surface area (Å²) in [7, 11) is 3.37. The van der Waals surface area contributed by atoms with Crippen LogP contribution < -0.4 is 19.3 Å². The van der Waals surface area contributed by atoms with Gasteiger partial charge in [-0.2, -0.15) is 0 Å². The van der Waals surface area contributed by atoms with Crippen molar-refractivity contribution in [2.45, 2.75) is 6.54 Å². The van der Waals surface area contributed by atoms with Gasteiger partial charge in [0.15, 0.2) is 11.5 Å². The second-order valence-corrected chi connectivity index (χ2v) is 6.88. The average molecular weight is 354 g/mol. The van der Waals surface area contributed by atoms with Gasteiger partial charge in [-0.25, -0.2) is 0 Å². The van der Waals surface area contributed by atoms with Crippen LogP contribution in [-0.4, -0.2) is 46.9 Å². The zero-order valence-electron chi connectivity index (χ0n) is 15.8. The van der Waals surface area contributed by atoms with Crippen molar-refractivity contribution in [1.82, 2.24) is 0 Å². The average Bonchev–Trinajstić information content (AvgIpc) is 2.70. The molecule has 0 saturated carbocycles. The molecule has 0 amide bonds. The van der Waals surface area contributed by atoms with Crippen molar-refractivity contribution in [3.63, 3.8) is 0 Å². The molecular formula is C22H30N2O2+2. The summed E-state index contributed by atoms with van der Waals surface area (Å²) in [6, 6.07) is 16.8. The Bertz CT molecular complexity index is 707. The zero-order valence-corrected chi connectivity index (χ0v) is 15.8. The Kier molecular flexibility index (Phi) is 6.69. The highest BCUT2D eigenvalue weighted by molar-refractivity contribution is 5.48. The van der Waals surface area contributed by atoms with Crippen LogP contribution in [0.5, 0.6) is 11.5 Å². The first kappa shape index (κ1) is 18.5. The van der Waals surface area contributed by atoms with Crippen molar-refractivity contribution in [3.05, 3.63) is 65.7 Å². The maximum atomic E-state index is 5.42. The lowest BCUT2D eigenvalue weighted by Gasteiger charge is -2.29. The van der Waals surface area contributed by atoms with Crippen LogP contribution in [0.25, 0.3) is 6.08 Å². The van der Waals surface area contributed by atoms with E-state index in [1.807, 2.05) is 6.07 Å². The highest BCUT2D eigenvalue weighted by atomic mass is 16.5. The number of quaternary nitrogens is 2. The summed E-state index contributed by atoms with van der Waals surface area (Å²) in [5.74, 6) is 1.62. The molecular weight excluding hydrogens is 324 g/mol. The minimum absolute atomic E-state index is 0.797. The van der Waals surface area contributed by atoms with E-state index < -0.39 is 0 Å². The molecule has 0 spiro atoms. The molecule has 2 aromatic rings. The van der Waals surface area contributed by atoms with Crippen LogP contribution in [0.2, 0.25) is 0 Å². The highest BCUT2D eigenvalue weighted by Crippen LogP contribution is 2.27. The van der Waals surface area contributed by atoms with E-state index in [1.165, 1.54) is 37.3 Å². The van der Waals surface area contributed by atoms with Crippen LogP contribution in [0.1, 0.15) is 11.1 Å². The lowest BCUT2D eigenvalue weighted by atomic mass is 10.1. The van der Waals surface area contributed by atoms with Crippen LogP contribution >= 0.6 is 0 Å². The number of methoxy groups -OCH3 is 2. The van der Waals surface area contributed by atoms with Gasteiger partial charge in [-0.15, -0.1) is 0 Å². The third-order valence-corrected chi connectivity index (χ3v) is 5.08. The maximum Gasteiger partial charge on any atom is 0.161 e. The summed E-state index contributed by atoms with van der Waals surface area (Å²) < 4.78 is 10.7. The van der Waals surface area contributed by atoms with Crippen LogP contribution in [0.3, 0.4) is 0 Å². The summed E-state index contributed by atoms with van der Waals surface area (Å²) in [6.07, 6.45) is 4.54. The minimum atomic E-state index is 0.797. The van der Waals surface area contributed by atoms with E-state index in [0.717, 1.165) is 24.6 Å². The molecule has 26 heavy (non-hydrogen) atoms. The van der Waals surface area contributed by atoms with Crippen LogP contribution in [0.4, 0.5) is 0 Å². The standard InChI is InChI=1S/C22H28N2O2/c1-25-21-11-10-20(17-22(21)26-2)18-24-15-13-23(14-16-24)12-6-9-19-7-4-3-5-8-19/h3-11,17H,12-16,18H2,1-2H3/p+2/b9-6+. The van der Waals surface area contributed by atoms with Gasteiger partial charge in [0.05, 0.1) is 20.8 Å². The topological polar surface area (TPSA) is 27.3 Å². The second-order valence-electron chi connectivity index (χ2n) is 6.88. The fourth-order valence-corrected chi connectivity index (χ4v) is 3.54. The van der Waals surface area contributed by atoms with Crippen molar-refractivity contribution >= 4 is 6.08 Å². The lowest BCUT2D eigenvalue weighted by Crippen LogP contribution is -3.27. The van der Waals surface area contributed by atoms with Crippen molar-refractivity contribution in [1.29, 1.82) is 0 Å². The first-order valence-corrected chi connectivity index (χ1v) is 9.38. The Morgan fingerprint density at radius 3 is 2.23 bits per heavy atom. The van der Waals surface area contributed by atoms with Crippen LogP contribution in [0.15, 0.2) is 54.6 Å². The minimum Gasteiger partial charge on any atom is -0.493 e. The molecule has 0 radical (unpaired) electrons. The Hall–Kier alpha value is -2.30. The van der Waals surface area contributed by atoms with E-state index in [2.05, 4.69) is 54.6 Å². The fourth-order valence-electron chi connectivity index (χ4n) is 3.54. The highest BCUT2D eigenvalue weighted by Gasteiger charge is 2.22. The molecule has 2 N–H and O–H groups in total. The lowest BCUT2D eigenvalue weighted by molar-refractivity contribution is -1.02. The first-order chi connectivity index (χ1) is 12.8. The van der Waals surface area contributed by atoms with Crippen molar-refractivity contribution in [2.75, 3.05) is 46.9 Å².